The smallest absolute Gasteiger partial charge is 0.225 e. The molecule has 1 amide bonds. The maximum absolute atomic E-state index is 12.1. The largest absolute Gasteiger partial charge is 0.357 e. The number of anilines is 1. The summed E-state index contributed by atoms with van der Waals surface area (Å²) in [7, 11) is 4.17. The normalized spacial score (nSPS) is 12.6. The SMILES string of the molecule is CCC(c1cc2cnc(NC(=O)CCCCCCCCN)cc2[nH]1)N(C)C. The number of carbonyl (C=O) groups excluding carboxylic acids is 1. The second kappa shape index (κ2) is 11.0. The number of rotatable bonds is 12. The molecule has 0 saturated carbocycles. The van der Waals surface area contributed by atoms with E-state index in [0.717, 1.165) is 43.1 Å². The molecule has 0 aliphatic rings. The number of carbonyl (C=O) groups is 1. The second-order valence-corrected chi connectivity index (χ2v) is 7.48. The Kier molecular flexibility index (Phi) is 8.75. The van der Waals surface area contributed by atoms with Crippen LogP contribution in [0.15, 0.2) is 18.3 Å². The number of pyridine rings is 1. The van der Waals surface area contributed by atoms with Crippen molar-refractivity contribution in [3.8, 4) is 0 Å². The van der Waals surface area contributed by atoms with Crippen LogP contribution in [-0.2, 0) is 4.79 Å². The molecule has 2 aromatic rings. The van der Waals surface area contributed by atoms with Crippen LogP contribution >= 0.6 is 0 Å². The van der Waals surface area contributed by atoms with E-state index in [0.29, 0.717) is 18.3 Å². The fraction of sp³-hybridized carbons (Fsp3) is 0.619. The van der Waals surface area contributed by atoms with E-state index in [2.05, 4.69) is 47.3 Å². The van der Waals surface area contributed by atoms with Crippen LogP contribution in [0.1, 0.15) is 70.0 Å². The lowest BCUT2D eigenvalue weighted by Crippen LogP contribution is -2.19. The van der Waals surface area contributed by atoms with Gasteiger partial charge in [0.15, 0.2) is 0 Å². The van der Waals surface area contributed by atoms with Gasteiger partial charge in [0, 0.05) is 35.8 Å². The van der Waals surface area contributed by atoms with Crippen LogP contribution in [0.2, 0.25) is 0 Å². The van der Waals surface area contributed by atoms with Gasteiger partial charge in [0.1, 0.15) is 5.82 Å². The molecule has 2 aromatic heterocycles. The van der Waals surface area contributed by atoms with Gasteiger partial charge in [-0.15, -0.1) is 0 Å². The third-order valence-electron chi connectivity index (χ3n) is 5.02. The maximum Gasteiger partial charge on any atom is 0.225 e. The Hall–Kier alpha value is -1.92. The third kappa shape index (κ3) is 6.63. The van der Waals surface area contributed by atoms with Crippen molar-refractivity contribution in [3.63, 3.8) is 0 Å². The number of nitrogens with one attached hydrogen (secondary N) is 2. The monoisotopic (exact) mass is 373 g/mol. The minimum Gasteiger partial charge on any atom is -0.357 e. The molecule has 150 valence electrons. The van der Waals surface area contributed by atoms with Crippen molar-refractivity contribution in [2.24, 2.45) is 5.73 Å². The molecule has 6 heteroatoms. The second-order valence-electron chi connectivity index (χ2n) is 7.48. The van der Waals surface area contributed by atoms with Crippen LogP contribution in [0.5, 0.6) is 0 Å². The summed E-state index contributed by atoms with van der Waals surface area (Å²) in [5.74, 6) is 0.650. The van der Waals surface area contributed by atoms with Crippen molar-refractivity contribution >= 4 is 22.6 Å². The minimum atomic E-state index is 0.0373. The van der Waals surface area contributed by atoms with Gasteiger partial charge >= 0.3 is 0 Å². The molecular formula is C21H35N5O. The zero-order chi connectivity index (χ0) is 19.6. The third-order valence-corrected chi connectivity index (χ3v) is 5.02. The topological polar surface area (TPSA) is 87.0 Å². The lowest BCUT2D eigenvalue weighted by Gasteiger charge is -2.21. The van der Waals surface area contributed by atoms with Gasteiger partial charge in [-0.3, -0.25) is 4.79 Å². The van der Waals surface area contributed by atoms with Crippen LogP contribution in [0.25, 0.3) is 10.9 Å². The van der Waals surface area contributed by atoms with Crippen LogP contribution in [0, 0.1) is 0 Å². The van der Waals surface area contributed by atoms with Crippen LogP contribution in [-0.4, -0.2) is 41.4 Å². The van der Waals surface area contributed by atoms with Crippen LogP contribution in [0.4, 0.5) is 5.82 Å². The average molecular weight is 374 g/mol. The Balaban J connectivity index is 1.85. The number of H-pyrrole nitrogens is 1. The zero-order valence-electron chi connectivity index (χ0n) is 17.1. The molecule has 0 aliphatic heterocycles. The summed E-state index contributed by atoms with van der Waals surface area (Å²) in [5, 5.41) is 3.99. The summed E-state index contributed by atoms with van der Waals surface area (Å²) in [5.41, 5.74) is 7.68. The number of aromatic nitrogens is 2. The highest BCUT2D eigenvalue weighted by Gasteiger charge is 2.15. The van der Waals surface area contributed by atoms with E-state index in [9.17, 15) is 4.79 Å². The Labute approximate surface area is 162 Å². The van der Waals surface area contributed by atoms with Crippen molar-refractivity contribution in [1.82, 2.24) is 14.9 Å². The molecule has 2 rings (SSSR count). The van der Waals surface area contributed by atoms with E-state index in [4.69, 9.17) is 5.73 Å². The summed E-state index contributed by atoms with van der Waals surface area (Å²) in [4.78, 5) is 22.2. The first-order valence-electron chi connectivity index (χ1n) is 10.2. The Morgan fingerprint density at radius 2 is 1.89 bits per heavy atom. The quantitative estimate of drug-likeness (QED) is 0.487. The van der Waals surface area contributed by atoms with Crippen molar-refractivity contribution in [2.75, 3.05) is 26.0 Å². The van der Waals surface area contributed by atoms with E-state index < -0.39 is 0 Å². The number of hydrogen-bond donors (Lipinski definition) is 3. The summed E-state index contributed by atoms with van der Waals surface area (Å²) in [6.07, 6.45) is 10.1. The number of amides is 1. The summed E-state index contributed by atoms with van der Waals surface area (Å²) in [6.45, 7) is 2.95. The molecule has 0 saturated heterocycles. The van der Waals surface area contributed by atoms with E-state index in [-0.39, 0.29) is 5.91 Å². The summed E-state index contributed by atoms with van der Waals surface area (Å²) in [6, 6.07) is 4.42. The molecule has 0 fully saturated rings. The zero-order valence-corrected chi connectivity index (χ0v) is 17.1. The first-order chi connectivity index (χ1) is 13.0. The lowest BCUT2D eigenvalue weighted by molar-refractivity contribution is -0.116. The van der Waals surface area contributed by atoms with Gasteiger partial charge in [-0.2, -0.15) is 0 Å². The van der Waals surface area contributed by atoms with E-state index in [1.54, 1.807) is 0 Å². The Morgan fingerprint density at radius 3 is 2.56 bits per heavy atom. The number of fused-ring (bicyclic) bond motifs is 1. The van der Waals surface area contributed by atoms with Gasteiger partial charge < -0.3 is 20.9 Å². The number of nitrogens with zero attached hydrogens (tertiary/aromatic N) is 2. The number of nitrogens with two attached hydrogens (primary N) is 1. The molecule has 0 radical (unpaired) electrons. The van der Waals surface area contributed by atoms with E-state index >= 15 is 0 Å². The number of hydrogen-bond acceptors (Lipinski definition) is 4. The lowest BCUT2D eigenvalue weighted by atomic mass is 10.1. The predicted molar refractivity (Wildman–Crippen MR) is 113 cm³/mol. The fourth-order valence-corrected chi connectivity index (χ4v) is 3.50. The number of aromatic amines is 1. The van der Waals surface area contributed by atoms with Crippen LogP contribution in [0.3, 0.4) is 0 Å². The highest BCUT2D eigenvalue weighted by atomic mass is 16.1. The highest BCUT2D eigenvalue weighted by Crippen LogP contribution is 2.26. The van der Waals surface area contributed by atoms with Crippen LogP contribution < -0.4 is 11.1 Å². The first kappa shape index (κ1) is 21.4. The Morgan fingerprint density at radius 1 is 1.19 bits per heavy atom. The molecule has 1 atom stereocenters. The van der Waals surface area contributed by atoms with Gasteiger partial charge in [0.2, 0.25) is 5.91 Å². The van der Waals surface area contributed by atoms with Crippen molar-refractivity contribution < 1.29 is 4.79 Å². The molecule has 0 spiro atoms. The summed E-state index contributed by atoms with van der Waals surface area (Å²) >= 11 is 0. The molecule has 2 heterocycles. The van der Waals surface area contributed by atoms with Crippen molar-refractivity contribution in [2.45, 2.75) is 64.3 Å². The predicted octanol–water partition coefficient (Wildman–Crippen LogP) is 4.20. The standard InChI is InChI=1S/C21H35N5O/c1-4-19(26(2)3)18-13-16-15-23-20(14-17(16)24-18)25-21(27)11-9-7-5-6-8-10-12-22/h13-15,19,24H,4-12,22H2,1-3H3,(H,23,25,27). The van der Waals surface area contributed by atoms with E-state index in [1.165, 1.54) is 25.0 Å². The Bertz CT molecular complexity index is 710. The fourth-order valence-electron chi connectivity index (χ4n) is 3.50. The van der Waals surface area contributed by atoms with Gasteiger partial charge in [-0.25, -0.2) is 4.98 Å². The molecule has 6 nitrogen and oxygen atoms in total. The van der Waals surface area contributed by atoms with Gasteiger partial charge in [-0.1, -0.05) is 32.6 Å². The van der Waals surface area contributed by atoms with Gasteiger partial charge in [0.25, 0.3) is 0 Å². The first-order valence-corrected chi connectivity index (χ1v) is 10.2. The average Bonchev–Trinajstić information content (AvgIpc) is 3.04. The minimum absolute atomic E-state index is 0.0373. The van der Waals surface area contributed by atoms with Crippen molar-refractivity contribution in [3.05, 3.63) is 24.0 Å². The molecule has 0 bridgehead atoms. The highest BCUT2D eigenvalue weighted by molar-refractivity contribution is 5.92. The molecule has 0 aliphatic carbocycles. The molecular weight excluding hydrogens is 338 g/mol. The summed E-state index contributed by atoms with van der Waals surface area (Å²) < 4.78 is 0. The van der Waals surface area contributed by atoms with E-state index in [1.807, 2.05) is 12.3 Å². The van der Waals surface area contributed by atoms with Gasteiger partial charge in [0.05, 0.1) is 5.52 Å². The maximum atomic E-state index is 12.1. The van der Waals surface area contributed by atoms with Gasteiger partial charge in [-0.05, 0) is 46.0 Å². The molecule has 1 unspecified atom stereocenters. The number of unbranched alkanes of at least 4 members (excludes halogenated alkanes) is 5. The van der Waals surface area contributed by atoms with Crippen molar-refractivity contribution in [1.29, 1.82) is 0 Å². The molecule has 0 aromatic carbocycles. The molecule has 27 heavy (non-hydrogen) atoms. The molecule has 4 N–H and O–H groups in total.